The molecular formula is C12H14N2O3S. The highest BCUT2D eigenvalue weighted by molar-refractivity contribution is 7.99. The summed E-state index contributed by atoms with van der Waals surface area (Å²) in [5, 5.41) is 9.42. The van der Waals surface area contributed by atoms with Gasteiger partial charge in [-0.3, -0.25) is 4.79 Å². The predicted molar refractivity (Wildman–Crippen MR) is 69.6 cm³/mol. The van der Waals surface area contributed by atoms with E-state index in [9.17, 15) is 4.79 Å². The van der Waals surface area contributed by atoms with Crippen molar-refractivity contribution >= 4 is 28.8 Å². The van der Waals surface area contributed by atoms with Crippen molar-refractivity contribution in [3.8, 4) is 0 Å². The summed E-state index contributed by atoms with van der Waals surface area (Å²) in [7, 11) is 0. The fourth-order valence-corrected chi connectivity index (χ4v) is 2.38. The Balaban J connectivity index is 1.96. The molecule has 0 bridgehead atoms. The number of nitrogens with two attached hydrogens (primary N) is 1. The molecule has 2 rings (SSSR count). The first-order valence-corrected chi connectivity index (χ1v) is 6.48. The van der Waals surface area contributed by atoms with E-state index in [-0.39, 0.29) is 0 Å². The Kier molecular flexibility index (Phi) is 3.58. The number of aliphatic carboxylic acids is 1. The Hall–Kier alpha value is -1.53. The summed E-state index contributed by atoms with van der Waals surface area (Å²) >= 11 is 1.37. The zero-order valence-corrected chi connectivity index (χ0v) is 10.7. The molecule has 0 saturated carbocycles. The maximum absolute atomic E-state index is 10.8. The fourth-order valence-electron chi connectivity index (χ4n) is 1.37. The minimum absolute atomic E-state index is 0.353. The molecule has 1 atom stereocenters. The molecule has 1 aromatic carbocycles. The summed E-state index contributed by atoms with van der Waals surface area (Å²) in [4.78, 5) is 15.1. The maximum atomic E-state index is 10.8. The molecule has 0 amide bonds. The lowest BCUT2D eigenvalue weighted by atomic mass is 10.0. The second-order valence-electron chi connectivity index (χ2n) is 4.27. The van der Waals surface area contributed by atoms with E-state index in [0.29, 0.717) is 17.4 Å². The van der Waals surface area contributed by atoms with Crippen molar-refractivity contribution < 1.29 is 14.3 Å². The van der Waals surface area contributed by atoms with Gasteiger partial charge in [-0.25, -0.2) is 4.98 Å². The molecule has 2 aromatic rings. The third-order valence-corrected chi connectivity index (χ3v) is 3.44. The number of nitrogens with zero attached hydrogens (tertiary/aromatic N) is 1. The Bertz CT molecular complexity index is 532. The number of carbonyl (C=O) groups is 1. The van der Waals surface area contributed by atoms with Gasteiger partial charge in [0.05, 0.1) is 0 Å². The Morgan fingerprint density at radius 1 is 1.56 bits per heavy atom. The average molecular weight is 266 g/mol. The van der Waals surface area contributed by atoms with Crippen molar-refractivity contribution in [3.63, 3.8) is 0 Å². The summed E-state index contributed by atoms with van der Waals surface area (Å²) in [6, 6.07) is 7.48. The van der Waals surface area contributed by atoms with Crippen LogP contribution in [-0.2, 0) is 4.79 Å². The quantitative estimate of drug-likeness (QED) is 0.806. The minimum atomic E-state index is -1.21. The second kappa shape index (κ2) is 4.99. The third-order valence-electron chi connectivity index (χ3n) is 2.61. The van der Waals surface area contributed by atoms with E-state index >= 15 is 0 Å². The standard InChI is InChI=1S/C12H14N2O3S/c1-12(13,10(15)16)6-7-18-11-14-8-4-2-3-5-9(8)17-11/h2-5H,6-7,13H2,1H3,(H,15,16). The summed E-state index contributed by atoms with van der Waals surface area (Å²) < 4.78 is 5.51. The lowest BCUT2D eigenvalue weighted by Gasteiger charge is -2.17. The molecule has 3 N–H and O–H groups in total. The normalized spacial score (nSPS) is 14.6. The van der Waals surface area contributed by atoms with Crippen LogP contribution >= 0.6 is 11.8 Å². The molecular weight excluding hydrogens is 252 g/mol. The van der Waals surface area contributed by atoms with Crippen LogP contribution in [0, 0.1) is 0 Å². The third kappa shape index (κ3) is 2.83. The molecule has 0 aliphatic heterocycles. The van der Waals surface area contributed by atoms with Crippen LogP contribution in [0.5, 0.6) is 0 Å². The first-order chi connectivity index (χ1) is 8.49. The van der Waals surface area contributed by atoms with Crippen LogP contribution in [-0.4, -0.2) is 27.4 Å². The number of carboxylic acids is 1. The second-order valence-corrected chi connectivity index (χ2v) is 5.31. The molecule has 1 aromatic heterocycles. The molecule has 0 saturated heterocycles. The van der Waals surface area contributed by atoms with Gasteiger partial charge in [-0.15, -0.1) is 0 Å². The Morgan fingerprint density at radius 3 is 2.94 bits per heavy atom. The molecule has 5 nitrogen and oxygen atoms in total. The topological polar surface area (TPSA) is 89.4 Å². The Labute approximate surface area is 108 Å². The van der Waals surface area contributed by atoms with Gasteiger partial charge in [0.25, 0.3) is 5.22 Å². The SMILES string of the molecule is CC(N)(CCSc1nc2ccccc2o1)C(=O)O. The van der Waals surface area contributed by atoms with Crippen molar-refractivity contribution in [2.75, 3.05) is 5.75 Å². The number of hydrogen-bond acceptors (Lipinski definition) is 5. The van der Waals surface area contributed by atoms with Crippen LogP contribution in [0.4, 0.5) is 0 Å². The van der Waals surface area contributed by atoms with Gasteiger partial charge in [-0.2, -0.15) is 0 Å². The zero-order valence-electron chi connectivity index (χ0n) is 9.92. The van der Waals surface area contributed by atoms with Crippen molar-refractivity contribution in [1.82, 2.24) is 4.98 Å². The van der Waals surface area contributed by atoms with Crippen molar-refractivity contribution in [2.24, 2.45) is 5.73 Å². The number of rotatable bonds is 5. The highest BCUT2D eigenvalue weighted by Crippen LogP contribution is 2.24. The average Bonchev–Trinajstić information content (AvgIpc) is 2.70. The van der Waals surface area contributed by atoms with Gasteiger partial charge >= 0.3 is 5.97 Å². The van der Waals surface area contributed by atoms with Gasteiger partial charge in [0, 0.05) is 5.75 Å². The number of carboxylic acid groups (broad SMARTS) is 1. The summed E-state index contributed by atoms with van der Waals surface area (Å²) in [5.74, 6) is -0.452. The molecule has 0 spiro atoms. The zero-order chi connectivity index (χ0) is 13.2. The summed E-state index contributed by atoms with van der Waals surface area (Å²) in [5.41, 5.74) is 5.96. The molecule has 96 valence electrons. The first-order valence-electron chi connectivity index (χ1n) is 5.50. The molecule has 0 aliphatic rings. The smallest absolute Gasteiger partial charge is 0.323 e. The Morgan fingerprint density at radius 2 is 2.28 bits per heavy atom. The number of thioether (sulfide) groups is 1. The molecule has 18 heavy (non-hydrogen) atoms. The molecule has 1 heterocycles. The highest BCUT2D eigenvalue weighted by atomic mass is 32.2. The molecule has 0 fully saturated rings. The van der Waals surface area contributed by atoms with E-state index in [4.69, 9.17) is 15.3 Å². The van der Waals surface area contributed by atoms with E-state index in [2.05, 4.69) is 4.98 Å². The minimum Gasteiger partial charge on any atom is -0.480 e. The van der Waals surface area contributed by atoms with Gasteiger partial charge in [-0.05, 0) is 25.5 Å². The molecule has 0 radical (unpaired) electrons. The van der Waals surface area contributed by atoms with Crippen molar-refractivity contribution in [3.05, 3.63) is 24.3 Å². The van der Waals surface area contributed by atoms with Crippen molar-refractivity contribution in [1.29, 1.82) is 0 Å². The number of hydrogen-bond donors (Lipinski definition) is 2. The first kappa shape index (κ1) is 12.9. The van der Waals surface area contributed by atoms with Crippen LogP contribution in [0.3, 0.4) is 0 Å². The predicted octanol–water partition coefficient (Wildman–Crippen LogP) is 2.11. The highest BCUT2D eigenvalue weighted by Gasteiger charge is 2.27. The summed E-state index contributed by atoms with van der Waals surface area (Å²) in [6.07, 6.45) is 0.353. The van der Waals surface area contributed by atoms with Gasteiger partial charge in [0.2, 0.25) is 0 Å². The number of oxazole rings is 1. The summed E-state index contributed by atoms with van der Waals surface area (Å²) in [6.45, 7) is 1.50. The maximum Gasteiger partial charge on any atom is 0.323 e. The monoisotopic (exact) mass is 266 g/mol. The number of benzene rings is 1. The van der Waals surface area contributed by atoms with E-state index in [0.717, 1.165) is 11.1 Å². The van der Waals surface area contributed by atoms with E-state index in [1.54, 1.807) is 0 Å². The number of aromatic nitrogens is 1. The number of fused-ring (bicyclic) bond motifs is 1. The van der Waals surface area contributed by atoms with Crippen LogP contribution in [0.15, 0.2) is 33.9 Å². The van der Waals surface area contributed by atoms with E-state index < -0.39 is 11.5 Å². The lowest BCUT2D eigenvalue weighted by molar-refractivity contribution is -0.142. The van der Waals surface area contributed by atoms with Gasteiger partial charge in [-0.1, -0.05) is 23.9 Å². The van der Waals surface area contributed by atoms with Crippen LogP contribution in [0.25, 0.3) is 11.1 Å². The van der Waals surface area contributed by atoms with Gasteiger partial charge in [0.15, 0.2) is 5.58 Å². The lowest BCUT2D eigenvalue weighted by Crippen LogP contribution is -2.45. The molecule has 0 aliphatic carbocycles. The molecule has 6 heteroatoms. The van der Waals surface area contributed by atoms with Crippen molar-refractivity contribution in [2.45, 2.75) is 24.1 Å². The fraction of sp³-hybridized carbons (Fsp3) is 0.333. The molecule has 1 unspecified atom stereocenters. The van der Waals surface area contributed by atoms with Crippen LogP contribution in [0.1, 0.15) is 13.3 Å². The largest absolute Gasteiger partial charge is 0.480 e. The van der Waals surface area contributed by atoms with E-state index in [1.165, 1.54) is 18.7 Å². The van der Waals surface area contributed by atoms with Crippen LogP contribution < -0.4 is 5.73 Å². The van der Waals surface area contributed by atoms with Gasteiger partial charge in [0.1, 0.15) is 11.1 Å². The van der Waals surface area contributed by atoms with Crippen LogP contribution in [0.2, 0.25) is 0 Å². The van der Waals surface area contributed by atoms with Gasteiger partial charge < -0.3 is 15.3 Å². The van der Waals surface area contributed by atoms with E-state index in [1.807, 2.05) is 24.3 Å². The number of para-hydroxylation sites is 2.